The molecule has 0 fully saturated rings. The minimum Gasteiger partial charge on any atom is -0.344 e. The Balaban J connectivity index is 1.32. The van der Waals surface area contributed by atoms with Crippen LogP contribution in [0.2, 0.25) is 0 Å². The summed E-state index contributed by atoms with van der Waals surface area (Å²) < 4.78 is 2.25. The van der Waals surface area contributed by atoms with Crippen molar-refractivity contribution in [3.05, 3.63) is 144 Å². The monoisotopic (exact) mass is 477 g/mol. The summed E-state index contributed by atoms with van der Waals surface area (Å²) in [6.45, 7) is 0. The highest BCUT2D eigenvalue weighted by Gasteiger charge is 2.10. The molecule has 6 aromatic rings. The van der Waals surface area contributed by atoms with E-state index in [1.807, 2.05) is 35.5 Å². The van der Waals surface area contributed by atoms with E-state index in [4.69, 9.17) is 5.10 Å². The summed E-state index contributed by atoms with van der Waals surface area (Å²) in [6.07, 6.45) is 6.21. The number of aryl methyl sites for hydroxylation is 1. The molecule has 0 N–H and O–H groups in total. The summed E-state index contributed by atoms with van der Waals surface area (Å²) in [7, 11) is 2.12. The van der Waals surface area contributed by atoms with E-state index in [9.17, 15) is 0 Å². The third-order valence-corrected chi connectivity index (χ3v) is 6.67. The van der Waals surface area contributed by atoms with E-state index in [1.165, 1.54) is 27.4 Å². The lowest BCUT2D eigenvalue weighted by molar-refractivity contribution is 1.01. The third-order valence-electron chi connectivity index (χ3n) is 6.67. The SMILES string of the molecule is Cn1c2ccccc2c2cc(/C=N\N(c3ccccc3)c3ccc(/C=C/c4ccccc4)cc3)ccc21. The highest BCUT2D eigenvalue weighted by molar-refractivity contribution is 6.09. The molecule has 3 heteroatoms. The first-order valence-corrected chi connectivity index (χ1v) is 12.5. The quantitative estimate of drug-likeness (QED) is 0.133. The van der Waals surface area contributed by atoms with Gasteiger partial charge < -0.3 is 4.57 Å². The molecule has 0 radical (unpaired) electrons. The van der Waals surface area contributed by atoms with Crippen LogP contribution in [0.15, 0.2) is 132 Å². The van der Waals surface area contributed by atoms with Gasteiger partial charge >= 0.3 is 0 Å². The van der Waals surface area contributed by atoms with Crippen LogP contribution in [0.3, 0.4) is 0 Å². The molecule has 5 aromatic carbocycles. The van der Waals surface area contributed by atoms with Gasteiger partial charge in [0.15, 0.2) is 0 Å². The number of anilines is 2. The first-order chi connectivity index (χ1) is 18.3. The second-order valence-electron chi connectivity index (χ2n) is 9.08. The maximum Gasteiger partial charge on any atom is 0.0653 e. The molecule has 0 aliphatic carbocycles. The number of hydrogen-bond acceptors (Lipinski definition) is 2. The van der Waals surface area contributed by atoms with Crippen LogP contribution in [0.5, 0.6) is 0 Å². The Hall–Kier alpha value is -4.89. The lowest BCUT2D eigenvalue weighted by Gasteiger charge is -2.19. The van der Waals surface area contributed by atoms with Crippen molar-refractivity contribution in [1.29, 1.82) is 0 Å². The van der Waals surface area contributed by atoms with Crippen molar-refractivity contribution in [3.63, 3.8) is 0 Å². The predicted molar refractivity (Wildman–Crippen MR) is 158 cm³/mol. The molecule has 1 heterocycles. The zero-order valence-electron chi connectivity index (χ0n) is 20.7. The van der Waals surface area contributed by atoms with Crippen LogP contribution in [-0.4, -0.2) is 10.8 Å². The molecule has 6 rings (SSSR count). The molecule has 37 heavy (non-hydrogen) atoms. The maximum absolute atomic E-state index is 4.93. The zero-order chi connectivity index (χ0) is 25.0. The Morgan fingerprint density at radius 2 is 1.11 bits per heavy atom. The van der Waals surface area contributed by atoms with Gasteiger partial charge in [-0.15, -0.1) is 0 Å². The third kappa shape index (κ3) is 4.67. The van der Waals surface area contributed by atoms with E-state index in [0.29, 0.717) is 0 Å². The second kappa shape index (κ2) is 10.00. The van der Waals surface area contributed by atoms with Crippen LogP contribution in [0.25, 0.3) is 34.0 Å². The number of rotatable bonds is 6. The lowest BCUT2D eigenvalue weighted by atomic mass is 10.1. The minimum atomic E-state index is 1.01. The highest BCUT2D eigenvalue weighted by atomic mass is 15.5. The Bertz CT molecular complexity index is 1710. The van der Waals surface area contributed by atoms with Crippen LogP contribution in [-0.2, 0) is 7.05 Å². The first-order valence-electron chi connectivity index (χ1n) is 12.5. The molecule has 0 unspecified atom stereocenters. The number of benzene rings is 5. The van der Waals surface area contributed by atoms with E-state index in [2.05, 4.69) is 127 Å². The molecule has 0 aliphatic heterocycles. The van der Waals surface area contributed by atoms with Crippen LogP contribution in [0, 0.1) is 0 Å². The smallest absolute Gasteiger partial charge is 0.0653 e. The normalized spacial score (nSPS) is 11.7. The number of nitrogens with zero attached hydrogens (tertiary/aromatic N) is 3. The van der Waals surface area contributed by atoms with Gasteiger partial charge in [0.1, 0.15) is 0 Å². The van der Waals surface area contributed by atoms with Gasteiger partial charge in [0.2, 0.25) is 0 Å². The molecule has 0 saturated heterocycles. The molecular formula is C34H27N3. The van der Waals surface area contributed by atoms with Crippen LogP contribution in [0.4, 0.5) is 11.4 Å². The molecule has 0 spiro atoms. The van der Waals surface area contributed by atoms with Crippen LogP contribution < -0.4 is 5.01 Å². The standard InChI is InChI=1S/C34H27N3/c1-36-33-15-9-8-14-31(33)32-24-28(20-23-34(32)36)25-35-37(29-12-6-3-7-13-29)30-21-18-27(19-22-30)17-16-26-10-4-2-5-11-26/h2-25H,1H3/b17-16+,35-25-. The molecule has 0 saturated carbocycles. The van der Waals surface area contributed by atoms with Crippen molar-refractivity contribution >= 4 is 51.5 Å². The van der Waals surface area contributed by atoms with E-state index in [0.717, 1.165) is 22.5 Å². The van der Waals surface area contributed by atoms with Gasteiger partial charge in [-0.2, -0.15) is 5.10 Å². The molecule has 0 bridgehead atoms. The predicted octanol–water partition coefficient (Wildman–Crippen LogP) is 8.67. The van der Waals surface area contributed by atoms with Gasteiger partial charge in [0, 0.05) is 28.9 Å². The van der Waals surface area contributed by atoms with Crippen LogP contribution in [0.1, 0.15) is 16.7 Å². The Kier molecular flexibility index (Phi) is 6.10. The number of hydrogen-bond donors (Lipinski definition) is 0. The summed E-state index contributed by atoms with van der Waals surface area (Å²) in [6, 6.07) is 44.1. The van der Waals surface area contributed by atoms with Gasteiger partial charge in [-0.05, 0) is 59.2 Å². The molecular weight excluding hydrogens is 450 g/mol. The van der Waals surface area contributed by atoms with Gasteiger partial charge in [-0.1, -0.05) is 97.1 Å². The second-order valence-corrected chi connectivity index (χ2v) is 9.08. The fraction of sp³-hybridized carbons (Fsp3) is 0.0294. The van der Waals surface area contributed by atoms with Gasteiger partial charge in [-0.3, -0.25) is 0 Å². The van der Waals surface area contributed by atoms with Crippen LogP contribution >= 0.6 is 0 Å². The van der Waals surface area contributed by atoms with E-state index >= 15 is 0 Å². The molecule has 0 atom stereocenters. The summed E-state index contributed by atoms with van der Waals surface area (Å²) >= 11 is 0. The van der Waals surface area contributed by atoms with Gasteiger partial charge in [-0.25, -0.2) is 5.01 Å². The first kappa shape index (κ1) is 22.6. The van der Waals surface area contributed by atoms with Crippen molar-refractivity contribution in [3.8, 4) is 0 Å². The molecule has 0 amide bonds. The lowest BCUT2D eigenvalue weighted by Crippen LogP contribution is -2.09. The summed E-state index contributed by atoms with van der Waals surface area (Å²) in [4.78, 5) is 0. The summed E-state index contributed by atoms with van der Waals surface area (Å²) in [5.74, 6) is 0. The van der Waals surface area contributed by atoms with Crippen molar-refractivity contribution in [1.82, 2.24) is 4.57 Å². The summed E-state index contributed by atoms with van der Waals surface area (Å²) in [5.41, 5.74) is 7.86. The Morgan fingerprint density at radius 3 is 1.86 bits per heavy atom. The van der Waals surface area contributed by atoms with Gasteiger partial charge in [0.25, 0.3) is 0 Å². The highest BCUT2D eigenvalue weighted by Crippen LogP contribution is 2.29. The summed E-state index contributed by atoms with van der Waals surface area (Å²) in [5, 5.41) is 9.42. The Morgan fingerprint density at radius 1 is 0.541 bits per heavy atom. The molecule has 1 aromatic heterocycles. The maximum atomic E-state index is 4.93. The van der Waals surface area contributed by atoms with E-state index in [1.54, 1.807) is 0 Å². The fourth-order valence-corrected chi connectivity index (χ4v) is 4.73. The van der Waals surface area contributed by atoms with E-state index < -0.39 is 0 Å². The number of hydrazone groups is 1. The average Bonchev–Trinajstić information content (AvgIpc) is 3.25. The molecule has 3 nitrogen and oxygen atoms in total. The van der Waals surface area contributed by atoms with Crippen molar-refractivity contribution < 1.29 is 0 Å². The fourth-order valence-electron chi connectivity index (χ4n) is 4.73. The van der Waals surface area contributed by atoms with E-state index in [-0.39, 0.29) is 0 Å². The number of para-hydroxylation sites is 2. The number of aromatic nitrogens is 1. The van der Waals surface area contributed by atoms with Gasteiger partial charge in [0.05, 0.1) is 17.6 Å². The average molecular weight is 478 g/mol. The minimum absolute atomic E-state index is 1.01. The molecule has 178 valence electrons. The van der Waals surface area contributed by atoms with Crippen molar-refractivity contribution in [2.24, 2.45) is 12.1 Å². The zero-order valence-corrected chi connectivity index (χ0v) is 20.7. The Labute approximate surface area is 217 Å². The topological polar surface area (TPSA) is 20.5 Å². The largest absolute Gasteiger partial charge is 0.344 e. The van der Waals surface area contributed by atoms with Crippen molar-refractivity contribution in [2.75, 3.05) is 5.01 Å². The number of fused-ring (bicyclic) bond motifs is 3. The molecule has 0 aliphatic rings. The van der Waals surface area contributed by atoms with Crippen molar-refractivity contribution in [2.45, 2.75) is 0 Å².